The molecular weight excluding hydrogens is 406 g/mol. The maximum absolute atomic E-state index is 12.7. The fraction of sp³-hybridized carbons (Fsp3) is 0.238. The highest BCUT2D eigenvalue weighted by Gasteiger charge is 2.27. The summed E-state index contributed by atoms with van der Waals surface area (Å²) >= 11 is 7.55. The molecule has 0 aliphatic carbocycles. The molecule has 8 heteroatoms. The zero-order valence-corrected chi connectivity index (χ0v) is 17.1. The van der Waals surface area contributed by atoms with Crippen molar-refractivity contribution in [2.24, 2.45) is 0 Å². The van der Waals surface area contributed by atoms with E-state index in [-0.39, 0.29) is 11.8 Å². The predicted octanol–water partition coefficient (Wildman–Crippen LogP) is 4.53. The second kappa shape index (κ2) is 7.57. The number of hydrogen-bond acceptors (Lipinski definition) is 5. The number of thiazole rings is 1. The molecule has 0 bridgehead atoms. The van der Waals surface area contributed by atoms with Gasteiger partial charge in [0.15, 0.2) is 5.01 Å². The fourth-order valence-corrected chi connectivity index (χ4v) is 4.60. The van der Waals surface area contributed by atoms with Crippen molar-refractivity contribution in [1.82, 2.24) is 24.3 Å². The predicted molar refractivity (Wildman–Crippen MR) is 113 cm³/mol. The summed E-state index contributed by atoms with van der Waals surface area (Å²) in [6.45, 7) is 1.42. The third-order valence-corrected chi connectivity index (χ3v) is 6.23. The van der Waals surface area contributed by atoms with Gasteiger partial charge in [-0.1, -0.05) is 17.7 Å². The summed E-state index contributed by atoms with van der Waals surface area (Å²) in [5, 5.41) is 3.04. The number of rotatable bonds is 3. The van der Waals surface area contributed by atoms with E-state index in [1.54, 1.807) is 6.20 Å². The molecule has 6 nitrogen and oxygen atoms in total. The second-order valence-electron chi connectivity index (χ2n) is 7.09. The number of carbonyl (C=O) groups excluding carboxylic acids is 1. The molecular formula is C21H18ClN5OS. The number of carbonyl (C=O) groups is 1. The third-order valence-electron chi connectivity index (χ3n) is 5.24. The van der Waals surface area contributed by atoms with E-state index in [2.05, 4.69) is 9.97 Å². The minimum Gasteiger partial charge on any atom is -0.336 e. The van der Waals surface area contributed by atoms with Crippen molar-refractivity contribution >= 4 is 34.5 Å². The molecule has 4 aromatic rings. The molecule has 1 amide bonds. The highest BCUT2D eigenvalue weighted by molar-refractivity contribution is 7.11. The van der Waals surface area contributed by atoms with Crippen LogP contribution in [0.3, 0.4) is 0 Å². The maximum atomic E-state index is 12.7. The van der Waals surface area contributed by atoms with E-state index in [1.807, 2.05) is 57.4 Å². The van der Waals surface area contributed by atoms with E-state index in [1.165, 1.54) is 11.3 Å². The topological polar surface area (TPSA) is 63.4 Å². The lowest BCUT2D eigenvalue weighted by Gasteiger charge is -2.32. The Kier molecular flexibility index (Phi) is 4.77. The molecule has 0 radical (unpaired) electrons. The van der Waals surface area contributed by atoms with Gasteiger partial charge in [-0.3, -0.25) is 14.2 Å². The summed E-state index contributed by atoms with van der Waals surface area (Å²) in [5.74, 6) is 0.215. The lowest BCUT2D eigenvalue weighted by Crippen LogP contribution is -2.39. The molecule has 1 unspecified atom stereocenters. The fourth-order valence-electron chi connectivity index (χ4n) is 3.83. The van der Waals surface area contributed by atoms with Crippen LogP contribution in [0.1, 0.15) is 34.3 Å². The molecule has 5 heterocycles. The van der Waals surface area contributed by atoms with Gasteiger partial charge in [0.2, 0.25) is 0 Å². The van der Waals surface area contributed by atoms with E-state index < -0.39 is 0 Å². The van der Waals surface area contributed by atoms with Crippen LogP contribution in [0.5, 0.6) is 0 Å². The minimum atomic E-state index is 0.0114. The van der Waals surface area contributed by atoms with Crippen LogP contribution in [-0.4, -0.2) is 43.2 Å². The van der Waals surface area contributed by atoms with Crippen LogP contribution in [-0.2, 0) is 0 Å². The summed E-state index contributed by atoms with van der Waals surface area (Å²) in [4.78, 5) is 28.1. The minimum absolute atomic E-state index is 0.0114. The Labute approximate surface area is 176 Å². The van der Waals surface area contributed by atoms with Gasteiger partial charge >= 0.3 is 0 Å². The Balaban J connectivity index is 1.43. The number of fused-ring (bicyclic) bond motifs is 1. The molecule has 5 rings (SSSR count). The van der Waals surface area contributed by atoms with Crippen LogP contribution in [0, 0.1) is 0 Å². The summed E-state index contributed by atoms with van der Waals surface area (Å²) in [7, 11) is 0. The molecule has 1 atom stereocenters. The first-order valence-electron chi connectivity index (χ1n) is 9.48. The molecule has 1 aliphatic rings. The Morgan fingerprint density at radius 3 is 3.00 bits per heavy atom. The smallest absolute Gasteiger partial charge is 0.282 e. The van der Waals surface area contributed by atoms with Gasteiger partial charge in [-0.15, -0.1) is 11.3 Å². The first kappa shape index (κ1) is 18.3. The SMILES string of the molecule is O=C(c1nccs1)N1CCCC(c2cccc(-c3cnc4ccc(Cl)cn34)n2)C1. The van der Waals surface area contributed by atoms with Crippen molar-refractivity contribution in [1.29, 1.82) is 0 Å². The van der Waals surface area contributed by atoms with Crippen molar-refractivity contribution in [2.45, 2.75) is 18.8 Å². The Morgan fingerprint density at radius 2 is 2.14 bits per heavy atom. The first-order valence-corrected chi connectivity index (χ1v) is 10.7. The van der Waals surface area contributed by atoms with Crippen molar-refractivity contribution in [3.63, 3.8) is 0 Å². The Bertz CT molecular complexity index is 1170. The highest BCUT2D eigenvalue weighted by Crippen LogP contribution is 2.29. The summed E-state index contributed by atoms with van der Waals surface area (Å²) < 4.78 is 1.95. The molecule has 0 aromatic carbocycles. The molecule has 0 N–H and O–H groups in total. The van der Waals surface area contributed by atoms with Gasteiger partial charge < -0.3 is 4.90 Å². The van der Waals surface area contributed by atoms with Crippen molar-refractivity contribution in [2.75, 3.05) is 13.1 Å². The molecule has 0 saturated carbocycles. The van der Waals surface area contributed by atoms with Crippen LogP contribution >= 0.6 is 22.9 Å². The van der Waals surface area contributed by atoms with Gasteiger partial charge in [-0.2, -0.15) is 0 Å². The van der Waals surface area contributed by atoms with E-state index in [0.717, 1.165) is 42.1 Å². The molecule has 4 aromatic heterocycles. The number of piperidine rings is 1. The van der Waals surface area contributed by atoms with Crippen molar-refractivity contribution in [3.8, 4) is 11.4 Å². The first-order chi connectivity index (χ1) is 14.2. The van der Waals surface area contributed by atoms with Crippen LogP contribution in [0.4, 0.5) is 0 Å². The summed E-state index contributed by atoms with van der Waals surface area (Å²) in [5.41, 5.74) is 3.57. The number of aromatic nitrogens is 4. The standard InChI is InChI=1S/C21H18ClN5OS/c22-15-6-7-19-24-11-18(27(19)13-15)17-5-1-4-16(25-17)14-3-2-9-26(12-14)21(28)20-23-8-10-29-20/h1,4-8,10-11,13-14H,2-3,9,12H2. The Morgan fingerprint density at radius 1 is 1.21 bits per heavy atom. The van der Waals surface area contributed by atoms with Crippen LogP contribution in [0.25, 0.3) is 17.0 Å². The third kappa shape index (κ3) is 3.52. The highest BCUT2D eigenvalue weighted by atomic mass is 35.5. The monoisotopic (exact) mass is 423 g/mol. The number of amides is 1. The number of imidazole rings is 1. The van der Waals surface area contributed by atoms with Gasteiger partial charge in [-0.25, -0.2) is 9.97 Å². The van der Waals surface area contributed by atoms with Gasteiger partial charge in [-0.05, 0) is 37.1 Å². The zero-order chi connectivity index (χ0) is 19.8. The lowest BCUT2D eigenvalue weighted by molar-refractivity contribution is 0.0705. The van der Waals surface area contributed by atoms with E-state index >= 15 is 0 Å². The van der Waals surface area contributed by atoms with Crippen LogP contribution < -0.4 is 0 Å². The van der Waals surface area contributed by atoms with E-state index in [4.69, 9.17) is 16.6 Å². The summed E-state index contributed by atoms with van der Waals surface area (Å²) in [6, 6.07) is 9.76. The van der Waals surface area contributed by atoms with Crippen LogP contribution in [0.2, 0.25) is 5.02 Å². The number of nitrogens with zero attached hydrogens (tertiary/aromatic N) is 5. The van der Waals surface area contributed by atoms with Gasteiger partial charge in [0.1, 0.15) is 5.65 Å². The van der Waals surface area contributed by atoms with Crippen molar-refractivity contribution < 1.29 is 4.79 Å². The second-order valence-corrected chi connectivity index (χ2v) is 8.43. The Hall–Kier alpha value is -2.77. The molecule has 1 fully saturated rings. The van der Waals surface area contributed by atoms with Gasteiger partial charge in [0.25, 0.3) is 5.91 Å². The number of halogens is 1. The van der Waals surface area contributed by atoms with E-state index in [9.17, 15) is 4.79 Å². The molecule has 1 saturated heterocycles. The molecule has 29 heavy (non-hydrogen) atoms. The van der Waals surface area contributed by atoms with Gasteiger partial charge in [0, 0.05) is 42.5 Å². The molecule has 1 aliphatic heterocycles. The normalized spacial score (nSPS) is 17.0. The quantitative estimate of drug-likeness (QED) is 0.485. The average Bonchev–Trinajstić information content (AvgIpc) is 3.43. The average molecular weight is 424 g/mol. The van der Waals surface area contributed by atoms with Crippen molar-refractivity contribution in [3.05, 3.63) is 70.0 Å². The lowest BCUT2D eigenvalue weighted by atomic mass is 9.94. The molecule has 146 valence electrons. The summed E-state index contributed by atoms with van der Waals surface area (Å²) in [6.07, 6.45) is 7.31. The zero-order valence-electron chi connectivity index (χ0n) is 15.5. The van der Waals surface area contributed by atoms with E-state index in [0.29, 0.717) is 16.6 Å². The number of pyridine rings is 2. The maximum Gasteiger partial charge on any atom is 0.282 e. The number of likely N-dealkylation sites (tertiary alicyclic amines) is 1. The van der Waals surface area contributed by atoms with Crippen LogP contribution in [0.15, 0.2) is 54.3 Å². The largest absolute Gasteiger partial charge is 0.336 e. The van der Waals surface area contributed by atoms with Gasteiger partial charge in [0.05, 0.1) is 22.6 Å². The molecule has 0 spiro atoms. The number of hydrogen-bond donors (Lipinski definition) is 0.